The standard InChI is InChI=1S/C24H26ClFN4O3/c1-33-22-10-16(21(11-20(22)25)28-24(27)32)4-9-23(31)30-18-7-8-19(30)14-29(13-18)12-15-2-5-17(26)6-3-15/h2-6,9-11,18-19H,7-8,12-14H2,1H3,(H3,27,28,32). The number of primary amides is 1. The second-order valence-corrected chi connectivity index (χ2v) is 8.75. The lowest BCUT2D eigenvalue weighted by Crippen LogP contribution is -2.55. The molecule has 2 aliphatic heterocycles. The Morgan fingerprint density at radius 1 is 1.21 bits per heavy atom. The second-order valence-electron chi connectivity index (χ2n) is 8.35. The van der Waals surface area contributed by atoms with E-state index in [1.807, 2.05) is 4.90 Å². The highest BCUT2D eigenvalue weighted by Gasteiger charge is 2.41. The Labute approximate surface area is 196 Å². The number of benzene rings is 2. The third-order valence-corrected chi connectivity index (χ3v) is 6.41. The van der Waals surface area contributed by atoms with Crippen molar-refractivity contribution in [2.24, 2.45) is 5.73 Å². The van der Waals surface area contributed by atoms with Crippen molar-refractivity contribution >= 4 is 35.3 Å². The van der Waals surface area contributed by atoms with Crippen LogP contribution in [-0.4, -0.2) is 54.0 Å². The molecule has 2 saturated heterocycles. The zero-order valence-electron chi connectivity index (χ0n) is 18.3. The average molecular weight is 473 g/mol. The van der Waals surface area contributed by atoms with Crippen LogP contribution in [0.15, 0.2) is 42.5 Å². The summed E-state index contributed by atoms with van der Waals surface area (Å²) in [5.41, 5.74) is 7.27. The van der Waals surface area contributed by atoms with Gasteiger partial charge in [0.1, 0.15) is 11.6 Å². The summed E-state index contributed by atoms with van der Waals surface area (Å²) in [7, 11) is 1.49. The molecule has 4 rings (SSSR count). The molecule has 0 aromatic heterocycles. The van der Waals surface area contributed by atoms with Gasteiger partial charge in [-0.15, -0.1) is 0 Å². The number of piperazine rings is 1. The Kier molecular flexibility index (Phi) is 6.85. The molecule has 9 heteroatoms. The summed E-state index contributed by atoms with van der Waals surface area (Å²) >= 11 is 6.16. The number of nitrogens with one attached hydrogen (secondary N) is 1. The van der Waals surface area contributed by atoms with E-state index >= 15 is 0 Å². The highest BCUT2D eigenvalue weighted by Crippen LogP contribution is 2.33. The molecule has 0 spiro atoms. The minimum atomic E-state index is -0.729. The molecule has 2 unspecified atom stereocenters. The number of nitrogens with zero attached hydrogens (tertiary/aromatic N) is 2. The van der Waals surface area contributed by atoms with Crippen LogP contribution in [0, 0.1) is 5.82 Å². The summed E-state index contributed by atoms with van der Waals surface area (Å²) in [5.74, 6) is 0.102. The number of fused-ring (bicyclic) bond motifs is 2. The molecule has 2 fully saturated rings. The van der Waals surface area contributed by atoms with Crippen LogP contribution in [0.5, 0.6) is 5.75 Å². The number of methoxy groups -OCH3 is 1. The summed E-state index contributed by atoms with van der Waals surface area (Å²) in [5, 5.41) is 2.84. The van der Waals surface area contributed by atoms with Crippen molar-refractivity contribution < 1.29 is 18.7 Å². The van der Waals surface area contributed by atoms with Crippen LogP contribution in [0.3, 0.4) is 0 Å². The van der Waals surface area contributed by atoms with E-state index in [9.17, 15) is 14.0 Å². The fraction of sp³-hybridized carbons (Fsp3) is 0.333. The van der Waals surface area contributed by atoms with E-state index in [4.69, 9.17) is 22.1 Å². The number of urea groups is 1. The molecule has 0 saturated carbocycles. The van der Waals surface area contributed by atoms with E-state index in [0.29, 0.717) is 22.0 Å². The van der Waals surface area contributed by atoms with Gasteiger partial charge in [0.2, 0.25) is 5.91 Å². The molecule has 33 heavy (non-hydrogen) atoms. The maximum atomic E-state index is 13.2. The Morgan fingerprint density at radius 2 is 1.88 bits per heavy atom. The quantitative estimate of drug-likeness (QED) is 0.625. The molecule has 2 atom stereocenters. The molecule has 3 N–H and O–H groups in total. The smallest absolute Gasteiger partial charge is 0.316 e. The molecule has 3 amide bonds. The van der Waals surface area contributed by atoms with Crippen molar-refractivity contribution in [1.82, 2.24) is 9.80 Å². The summed E-state index contributed by atoms with van der Waals surface area (Å²) in [6.45, 7) is 2.28. The number of hydrogen-bond acceptors (Lipinski definition) is 4. The van der Waals surface area contributed by atoms with Crippen molar-refractivity contribution in [2.75, 3.05) is 25.5 Å². The van der Waals surface area contributed by atoms with E-state index in [1.54, 1.807) is 24.3 Å². The van der Waals surface area contributed by atoms with Gasteiger partial charge in [-0.25, -0.2) is 9.18 Å². The van der Waals surface area contributed by atoms with Crippen LogP contribution < -0.4 is 15.8 Å². The van der Waals surface area contributed by atoms with Gasteiger partial charge in [0.15, 0.2) is 0 Å². The van der Waals surface area contributed by atoms with Crippen LogP contribution in [-0.2, 0) is 11.3 Å². The first-order valence-electron chi connectivity index (χ1n) is 10.7. The van der Waals surface area contributed by atoms with Gasteiger partial charge < -0.3 is 20.7 Å². The van der Waals surface area contributed by atoms with Crippen molar-refractivity contribution in [3.63, 3.8) is 0 Å². The molecular weight excluding hydrogens is 447 g/mol. The summed E-state index contributed by atoms with van der Waals surface area (Å²) in [6.07, 6.45) is 5.05. The lowest BCUT2D eigenvalue weighted by atomic mass is 10.1. The molecule has 7 nitrogen and oxygen atoms in total. The topological polar surface area (TPSA) is 87.9 Å². The first kappa shape index (κ1) is 23.1. The van der Waals surface area contributed by atoms with Gasteiger partial charge in [-0.2, -0.15) is 0 Å². The highest BCUT2D eigenvalue weighted by atomic mass is 35.5. The third-order valence-electron chi connectivity index (χ3n) is 6.12. The lowest BCUT2D eigenvalue weighted by Gasteiger charge is -2.40. The number of anilines is 1. The van der Waals surface area contributed by atoms with Crippen molar-refractivity contribution in [1.29, 1.82) is 0 Å². The van der Waals surface area contributed by atoms with Crippen LogP contribution in [0.1, 0.15) is 24.0 Å². The highest BCUT2D eigenvalue weighted by molar-refractivity contribution is 6.32. The monoisotopic (exact) mass is 472 g/mol. The fourth-order valence-corrected chi connectivity index (χ4v) is 4.92. The molecule has 2 aliphatic rings. The normalized spacial score (nSPS) is 20.3. The number of halogens is 2. The Morgan fingerprint density at radius 3 is 2.48 bits per heavy atom. The number of carbonyl (C=O) groups excluding carboxylic acids is 2. The molecule has 2 aromatic rings. The zero-order chi connectivity index (χ0) is 23.5. The second kappa shape index (κ2) is 9.80. The maximum Gasteiger partial charge on any atom is 0.316 e. The predicted molar refractivity (Wildman–Crippen MR) is 126 cm³/mol. The number of hydrogen-bond donors (Lipinski definition) is 2. The van der Waals surface area contributed by atoms with Gasteiger partial charge in [-0.3, -0.25) is 9.69 Å². The van der Waals surface area contributed by atoms with Gasteiger partial charge in [0, 0.05) is 43.4 Å². The summed E-state index contributed by atoms with van der Waals surface area (Å²) in [4.78, 5) is 28.7. The van der Waals surface area contributed by atoms with Crippen LogP contribution >= 0.6 is 11.6 Å². The van der Waals surface area contributed by atoms with E-state index in [1.165, 1.54) is 31.4 Å². The first-order chi connectivity index (χ1) is 15.8. The number of carbonyl (C=O) groups is 2. The van der Waals surface area contributed by atoms with Gasteiger partial charge >= 0.3 is 6.03 Å². The van der Waals surface area contributed by atoms with Gasteiger partial charge in [-0.05, 0) is 48.7 Å². The number of nitrogens with two attached hydrogens (primary N) is 1. The van der Waals surface area contributed by atoms with E-state index in [2.05, 4.69) is 10.2 Å². The molecular formula is C24H26ClFN4O3. The number of likely N-dealkylation sites (tertiary alicyclic amines) is 1. The molecule has 0 radical (unpaired) electrons. The van der Waals surface area contributed by atoms with Gasteiger partial charge in [-0.1, -0.05) is 23.7 Å². The first-order valence-corrected chi connectivity index (χ1v) is 11.1. The Bertz CT molecular complexity index is 1060. The number of rotatable bonds is 6. The van der Waals surface area contributed by atoms with Crippen molar-refractivity contribution in [2.45, 2.75) is 31.5 Å². The largest absolute Gasteiger partial charge is 0.495 e. The van der Waals surface area contributed by atoms with Crippen LogP contribution in [0.4, 0.5) is 14.9 Å². The van der Waals surface area contributed by atoms with E-state index in [0.717, 1.165) is 38.0 Å². The molecule has 2 aromatic carbocycles. The molecule has 2 bridgehead atoms. The minimum absolute atomic E-state index is 0.0807. The molecule has 174 valence electrons. The third kappa shape index (κ3) is 5.29. The summed E-state index contributed by atoms with van der Waals surface area (Å²) in [6, 6.07) is 9.26. The lowest BCUT2D eigenvalue weighted by molar-refractivity contribution is -0.131. The van der Waals surface area contributed by atoms with Crippen molar-refractivity contribution in [3.8, 4) is 5.75 Å². The van der Waals surface area contributed by atoms with E-state index in [-0.39, 0.29) is 23.8 Å². The number of ether oxygens (including phenoxy) is 1. The van der Waals surface area contributed by atoms with Gasteiger partial charge in [0.25, 0.3) is 0 Å². The maximum absolute atomic E-state index is 13.2. The average Bonchev–Trinajstić information content (AvgIpc) is 3.04. The molecule has 2 heterocycles. The number of amides is 3. The predicted octanol–water partition coefficient (Wildman–Crippen LogP) is 3.87. The van der Waals surface area contributed by atoms with E-state index < -0.39 is 6.03 Å². The van der Waals surface area contributed by atoms with Crippen LogP contribution in [0.25, 0.3) is 6.08 Å². The zero-order valence-corrected chi connectivity index (χ0v) is 19.0. The molecule has 0 aliphatic carbocycles. The Balaban J connectivity index is 1.46. The summed E-state index contributed by atoms with van der Waals surface area (Å²) < 4.78 is 18.4. The van der Waals surface area contributed by atoms with Gasteiger partial charge in [0.05, 0.1) is 17.8 Å². The fourth-order valence-electron chi connectivity index (χ4n) is 4.68. The SMILES string of the molecule is COc1cc(C=CC(=O)N2C3CCC2CN(Cc2ccc(F)cc2)C3)c(NC(N)=O)cc1Cl. The minimum Gasteiger partial charge on any atom is -0.495 e. The van der Waals surface area contributed by atoms with Crippen LogP contribution in [0.2, 0.25) is 5.02 Å². The Hall–Kier alpha value is -3.10. The van der Waals surface area contributed by atoms with Crippen molar-refractivity contribution in [3.05, 3.63) is 64.4 Å².